The first-order valence-corrected chi connectivity index (χ1v) is 10.8. The summed E-state index contributed by atoms with van der Waals surface area (Å²) in [6.07, 6.45) is 7.23. The molecule has 2 aliphatic rings. The van der Waals surface area contributed by atoms with Crippen molar-refractivity contribution >= 4 is 17.6 Å². The average molecular weight is 370 g/mol. The van der Waals surface area contributed by atoms with Crippen LogP contribution in [0, 0.1) is 6.92 Å². The number of anilines is 1. The Balaban J connectivity index is 1.79. The van der Waals surface area contributed by atoms with Crippen molar-refractivity contribution in [3.8, 4) is 11.4 Å². The van der Waals surface area contributed by atoms with Gasteiger partial charge in [-0.05, 0) is 26.0 Å². The van der Waals surface area contributed by atoms with Crippen LogP contribution >= 0.6 is 11.8 Å². The lowest BCUT2D eigenvalue weighted by Gasteiger charge is -2.31. The van der Waals surface area contributed by atoms with E-state index in [4.69, 9.17) is 14.7 Å². The Morgan fingerprint density at radius 2 is 1.73 bits per heavy atom. The van der Waals surface area contributed by atoms with Crippen LogP contribution in [-0.2, 0) is 9.48 Å². The SMILES string of the molecule is CSC1(c2cc(N3CCOCC3)nc(-c3ccc(C)cc3)n2)CCCC1. The van der Waals surface area contributed by atoms with Gasteiger partial charge in [0.25, 0.3) is 0 Å². The molecule has 26 heavy (non-hydrogen) atoms. The van der Waals surface area contributed by atoms with Crippen LogP contribution in [0.4, 0.5) is 5.82 Å². The molecule has 1 aromatic carbocycles. The molecule has 5 heteroatoms. The van der Waals surface area contributed by atoms with Crippen LogP contribution in [0.15, 0.2) is 30.3 Å². The van der Waals surface area contributed by atoms with Crippen LogP contribution in [-0.4, -0.2) is 42.5 Å². The molecular formula is C21H27N3OS. The van der Waals surface area contributed by atoms with Gasteiger partial charge in [0, 0.05) is 24.7 Å². The lowest BCUT2D eigenvalue weighted by atomic mass is 10.0. The van der Waals surface area contributed by atoms with Gasteiger partial charge in [-0.15, -0.1) is 0 Å². The van der Waals surface area contributed by atoms with Gasteiger partial charge < -0.3 is 9.64 Å². The zero-order valence-electron chi connectivity index (χ0n) is 15.7. The van der Waals surface area contributed by atoms with Crippen LogP contribution in [0.25, 0.3) is 11.4 Å². The Bertz CT molecular complexity index is 750. The number of aryl methyl sites for hydroxylation is 1. The Labute approximate surface area is 160 Å². The molecule has 1 aliphatic carbocycles. The number of ether oxygens (including phenoxy) is 1. The molecule has 4 nitrogen and oxygen atoms in total. The third-order valence-corrected chi connectivity index (χ3v) is 7.03. The van der Waals surface area contributed by atoms with Gasteiger partial charge in [-0.2, -0.15) is 11.8 Å². The summed E-state index contributed by atoms with van der Waals surface area (Å²) < 4.78 is 5.67. The number of rotatable bonds is 4. The van der Waals surface area contributed by atoms with E-state index in [9.17, 15) is 0 Å². The van der Waals surface area contributed by atoms with E-state index < -0.39 is 0 Å². The standard InChI is InChI=1S/C21H27N3OS/c1-16-5-7-17(8-6-16)20-22-18(21(26-2)9-3-4-10-21)15-19(23-20)24-11-13-25-14-12-24/h5-8,15H,3-4,9-14H2,1-2H3. The smallest absolute Gasteiger partial charge is 0.161 e. The van der Waals surface area contributed by atoms with Gasteiger partial charge in [0.05, 0.1) is 23.7 Å². The molecule has 0 N–H and O–H groups in total. The predicted octanol–water partition coefficient (Wildman–Crippen LogP) is 4.42. The quantitative estimate of drug-likeness (QED) is 0.797. The van der Waals surface area contributed by atoms with Crippen molar-refractivity contribution in [3.05, 3.63) is 41.6 Å². The minimum absolute atomic E-state index is 0.142. The molecule has 4 rings (SSSR count). The van der Waals surface area contributed by atoms with Gasteiger partial charge in [0.2, 0.25) is 0 Å². The Morgan fingerprint density at radius 1 is 1.04 bits per heavy atom. The summed E-state index contributed by atoms with van der Waals surface area (Å²) in [6.45, 7) is 5.45. The van der Waals surface area contributed by atoms with Crippen LogP contribution in [0.2, 0.25) is 0 Å². The van der Waals surface area contributed by atoms with E-state index in [0.29, 0.717) is 0 Å². The van der Waals surface area contributed by atoms with Gasteiger partial charge in [0.1, 0.15) is 5.82 Å². The van der Waals surface area contributed by atoms with Gasteiger partial charge in [-0.1, -0.05) is 42.7 Å². The summed E-state index contributed by atoms with van der Waals surface area (Å²) in [6, 6.07) is 10.8. The maximum Gasteiger partial charge on any atom is 0.161 e. The Kier molecular flexibility index (Phi) is 5.18. The lowest BCUT2D eigenvalue weighted by molar-refractivity contribution is 0.122. The molecular weight excluding hydrogens is 342 g/mol. The maximum atomic E-state index is 5.53. The molecule has 0 radical (unpaired) electrons. The molecule has 1 aromatic heterocycles. The fourth-order valence-electron chi connectivity index (χ4n) is 3.96. The Hall–Kier alpha value is -1.59. The first kappa shape index (κ1) is 17.8. The van der Waals surface area contributed by atoms with Crippen LogP contribution < -0.4 is 4.90 Å². The number of hydrogen-bond donors (Lipinski definition) is 0. The van der Waals surface area contributed by atoms with Gasteiger partial charge >= 0.3 is 0 Å². The highest BCUT2D eigenvalue weighted by Crippen LogP contribution is 2.48. The van der Waals surface area contributed by atoms with Crippen molar-refractivity contribution in [2.45, 2.75) is 37.4 Å². The first-order chi connectivity index (χ1) is 12.7. The molecule has 2 fully saturated rings. The van der Waals surface area contributed by atoms with Crippen molar-refractivity contribution in [2.24, 2.45) is 0 Å². The normalized spacial score (nSPS) is 19.7. The number of aromatic nitrogens is 2. The van der Waals surface area contributed by atoms with Crippen LogP contribution in [0.1, 0.15) is 36.9 Å². The summed E-state index contributed by atoms with van der Waals surface area (Å²) in [7, 11) is 0. The molecule has 138 valence electrons. The molecule has 2 aromatic rings. The Morgan fingerprint density at radius 3 is 2.38 bits per heavy atom. The molecule has 2 heterocycles. The molecule has 0 spiro atoms. The van der Waals surface area contributed by atoms with Crippen molar-refractivity contribution in [2.75, 3.05) is 37.5 Å². The van der Waals surface area contributed by atoms with Crippen LogP contribution in [0.3, 0.4) is 0 Å². The maximum absolute atomic E-state index is 5.53. The molecule has 0 bridgehead atoms. The minimum atomic E-state index is 0.142. The fourth-order valence-corrected chi connectivity index (χ4v) is 4.98. The second-order valence-corrected chi connectivity index (χ2v) is 8.50. The van der Waals surface area contributed by atoms with Crippen molar-refractivity contribution < 1.29 is 4.74 Å². The zero-order chi connectivity index (χ0) is 18.0. The van der Waals surface area contributed by atoms with E-state index >= 15 is 0 Å². The molecule has 1 aliphatic heterocycles. The molecule has 1 saturated heterocycles. The largest absolute Gasteiger partial charge is 0.378 e. The highest BCUT2D eigenvalue weighted by atomic mass is 32.2. The van der Waals surface area contributed by atoms with Gasteiger partial charge in [-0.3, -0.25) is 0 Å². The van der Waals surface area contributed by atoms with E-state index in [1.807, 2.05) is 11.8 Å². The number of hydrogen-bond acceptors (Lipinski definition) is 5. The highest BCUT2D eigenvalue weighted by molar-refractivity contribution is 7.99. The predicted molar refractivity (Wildman–Crippen MR) is 109 cm³/mol. The zero-order valence-corrected chi connectivity index (χ0v) is 16.5. The lowest BCUT2D eigenvalue weighted by Crippen LogP contribution is -2.37. The highest BCUT2D eigenvalue weighted by Gasteiger charge is 2.37. The van der Waals surface area contributed by atoms with Crippen LogP contribution in [0.5, 0.6) is 0 Å². The number of morpholine rings is 1. The third-order valence-electron chi connectivity index (χ3n) is 5.63. The minimum Gasteiger partial charge on any atom is -0.378 e. The third kappa shape index (κ3) is 3.47. The summed E-state index contributed by atoms with van der Waals surface area (Å²) in [5.74, 6) is 1.90. The number of nitrogens with zero attached hydrogens (tertiary/aromatic N) is 3. The van der Waals surface area contributed by atoms with Gasteiger partial charge in [-0.25, -0.2) is 9.97 Å². The first-order valence-electron chi connectivity index (χ1n) is 9.55. The van der Waals surface area contributed by atoms with Crippen molar-refractivity contribution in [3.63, 3.8) is 0 Å². The number of thioether (sulfide) groups is 1. The summed E-state index contributed by atoms with van der Waals surface area (Å²) >= 11 is 1.96. The van der Waals surface area contributed by atoms with E-state index in [-0.39, 0.29) is 4.75 Å². The van der Waals surface area contributed by atoms with E-state index in [1.165, 1.54) is 36.9 Å². The molecule has 0 amide bonds. The second-order valence-electron chi connectivity index (χ2n) is 7.31. The molecule has 0 unspecified atom stereocenters. The second kappa shape index (κ2) is 7.57. The number of benzene rings is 1. The van der Waals surface area contributed by atoms with Gasteiger partial charge in [0.15, 0.2) is 5.82 Å². The van der Waals surface area contributed by atoms with E-state index in [1.54, 1.807) is 0 Å². The fraction of sp³-hybridized carbons (Fsp3) is 0.524. The molecule has 0 atom stereocenters. The monoisotopic (exact) mass is 369 g/mol. The summed E-state index contributed by atoms with van der Waals surface area (Å²) in [5.41, 5.74) is 3.56. The summed E-state index contributed by atoms with van der Waals surface area (Å²) in [5, 5.41) is 0. The summed E-state index contributed by atoms with van der Waals surface area (Å²) in [4.78, 5) is 12.3. The van der Waals surface area contributed by atoms with E-state index in [2.05, 4.69) is 48.4 Å². The van der Waals surface area contributed by atoms with Crippen molar-refractivity contribution in [1.82, 2.24) is 9.97 Å². The van der Waals surface area contributed by atoms with E-state index in [0.717, 1.165) is 43.5 Å². The van der Waals surface area contributed by atoms with Crippen molar-refractivity contribution in [1.29, 1.82) is 0 Å². The topological polar surface area (TPSA) is 38.2 Å². The molecule has 1 saturated carbocycles. The average Bonchev–Trinajstić information content (AvgIpc) is 3.19.